The molecule has 0 aliphatic carbocycles. The van der Waals surface area contributed by atoms with Gasteiger partial charge in [0, 0.05) is 21.1 Å². The first kappa shape index (κ1) is 16.5. The van der Waals surface area contributed by atoms with E-state index in [9.17, 15) is 4.79 Å². The highest BCUT2D eigenvalue weighted by Crippen LogP contribution is 2.22. The summed E-state index contributed by atoms with van der Waals surface area (Å²) in [5.74, 6) is 0.0612. The van der Waals surface area contributed by atoms with E-state index in [4.69, 9.17) is 0 Å². The van der Waals surface area contributed by atoms with Crippen LogP contribution in [0.1, 0.15) is 28.4 Å². The molecule has 0 aromatic heterocycles. The van der Waals surface area contributed by atoms with E-state index in [1.807, 2.05) is 42.2 Å². The Morgan fingerprint density at radius 3 is 2.62 bits per heavy atom. The van der Waals surface area contributed by atoms with Gasteiger partial charge in [-0.15, -0.1) is 0 Å². The Balaban J connectivity index is 2.27. The van der Waals surface area contributed by atoms with Crippen LogP contribution in [0.15, 0.2) is 46.9 Å². The van der Waals surface area contributed by atoms with Gasteiger partial charge >= 0.3 is 0 Å². The van der Waals surface area contributed by atoms with Crippen LogP contribution in [0.4, 0.5) is 0 Å². The predicted molar refractivity (Wildman–Crippen MR) is 98.5 cm³/mol. The highest BCUT2D eigenvalue weighted by atomic mass is 127. The standard InChI is InChI=1S/C17H17BrINO/c1-3-20(11-13-7-5-4-6-12(13)2)17(21)15-10-14(19)8-9-16(15)18/h4-10H,3,11H2,1-2H3. The number of amides is 1. The van der Waals surface area contributed by atoms with Gasteiger partial charge in [0.25, 0.3) is 5.91 Å². The van der Waals surface area contributed by atoms with Gasteiger partial charge in [-0.05, 0) is 81.7 Å². The molecule has 0 spiro atoms. The van der Waals surface area contributed by atoms with E-state index in [1.54, 1.807) is 0 Å². The number of carbonyl (C=O) groups excluding carboxylic acids is 1. The molecule has 0 heterocycles. The summed E-state index contributed by atoms with van der Waals surface area (Å²) >= 11 is 5.71. The van der Waals surface area contributed by atoms with Crippen LogP contribution in [-0.4, -0.2) is 17.4 Å². The second-order valence-electron chi connectivity index (χ2n) is 4.87. The third kappa shape index (κ3) is 4.07. The van der Waals surface area contributed by atoms with Crippen LogP contribution in [0.5, 0.6) is 0 Å². The second kappa shape index (κ2) is 7.40. The molecule has 0 fully saturated rings. The number of halogens is 2. The van der Waals surface area contributed by atoms with E-state index < -0.39 is 0 Å². The van der Waals surface area contributed by atoms with Crippen molar-refractivity contribution in [2.24, 2.45) is 0 Å². The highest BCUT2D eigenvalue weighted by molar-refractivity contribution is 14.1. The molecule has 0 aliphatic heterocycles. The van der Waals surface area contributed by atoms with E-state index in [-0.39, 0.29) is 5.91 Å². The second-order valence-corrected chi connectivity index (χ2v) is 6.97. The molecule has 0 unspecified atom stereocenters. The number of hydrogen-bond acceptors (Lipinski definition) is 1. The molecule has 1 amide bonds. The molecule has 0 aliphatic rings. The van der Waals surface area contributed by atoms with E-state index in [0.29, 0.717) is 13.1 Å². The first-order valence-corrected chi connectivity index (χ1v) is 8.69. The molecule has 0 saturated heterocycles. The fourth-order valence-electron chi connectivity index (χ4n) is 2.15. The SMILES string of the molecule is CCN(Cc1ccccc1C)C(=O)c1cc(I)ccc1Br. The summed E-state index contributed by atoms with van der Waals surface area (Å²) < 4.78 is 1.90. The lowest BCUT2D eigenvalue weighted by Gasteiger charge is -2.22. The lowest BCUT2D eigenvalue weighted by atomic mass is 10.1. The van der Waals surface area contributed by atoms with Crippen LogP contribution in [0.25, 0.3) is 0 Å². The van der Waals surface area contributed by atoms with Crippen molar-refractivity contribution < 1.29 is 4.79 Å². The lowest BCUT2D eigenvalue weighted by molar-refractivity contribution is 0.0751. The average molecular weight is 458 g/mol. The fourth-order valence-corrected chi connectivity index (χ4v) is 3.06. The Kier molecular flexibility index (Phi) is 5.81. The largest absolute Gasteiger partial charge is 0.335 e. The molecule has 4 heteroatoms. The van der Waals surface area contributed by atoms with Gasteiger partial charge in [0.05, 0.1) is 5.56 Å². The van der Waals surface area contributed by atoms with Crippen molar-refractivity contribution in [2.45, 2.75) is 20.4 Å². The molecule has 0 atom stereocenters. The van der Waals surface area contributed by atoms with E-state index in [0.717, 1.165) is 13.6 Å². The molecule has 2 aromatic rings. The summed E-state index contributed by atoms with van der Waals surface area (Å²) in [6.45, 7) is 5.41. The molecule has 2 nitrogen and oxygen atoms in total. The lowest BCUT2D eigenvalue weighted by Crippen LogP contribution is -2.30. The van der Waals surface area contributed by atoms with Gasteiger partial charge in [0.15, 0.2) is 0 Å². The van der Waals surface area contributed by atoms with Crippen LogP contribution in [0.3, 0.4) is 0 Å². The van der Waals surface area contributed by atoms with Gasteiger partial charge in [-0.3, -0.25) is 4.79 Å². The Bertz CT molecular complexity index is 657. The Morgan fingerprint density at radius 1 is 1.24 bits per heavy atom. The number of benzene rings is 2. The van der Waals surface area contributed by atoms with Crippen LogP contribution >= 0.6 is 38.5 Å². The van der Waals surface area contributed by atoms with Crippen molar-refractivity contribution in [1.29, 1.82) is 0 Å². The Morgan fingerprint density at radius 2 is 1.95 bits per heavy atom. The van der Waals surface area contributed by atoms with Gasteiger partial charge < -0.3 is 4.90 Å². The maximum absolute atomic E-state index is 12.8. The molecule has 2 rings (SSSR count). The zero-order chi connectivity index (χ0) is 15.4. The topological polar surface area (TPSA) is 20.3 Å². The van der Waals surface area contributed by atoms with Crippen LogP contribution in [-0.2, 0) is 6.54 Å². The maximum atomic E-state index is 12.8. The number of rotatable bonds is 4. The zero-order valence-electron chi connectivity index (χ0n) is 12.1. The van der Waals surface area contributed by atoms with Crippen molar-refractivity contribution in [3.8, 4) is 0 Å². The quantitative estimate of drug-likeness (QED) is 0.590. The van der Waals surface area contributed by atoms with Gasteiger partial charge in [0.1, 0.15) is 0 Å². The summed E-state index contributed by atoms with van der Waals surface area (Å²) in [4.78, 5) is 14.6. The molecular weight excluding hydrogens is 441 g/mol. The van der Waals surface area contributed by atoms with Crippen molar-refractivity contribution in [1.82, 2.24) is 4.90 Å². The van der Waals surface area contributed by atoms with Gasteiger partial charge in [-0.1, -0.05) is 24.3 Å². The molecule has 110 valence electrons. The van der Waals surface area contributed by atoms with E-state index in [2.05, 4.69) is 57.6 Å². The molecule has 0 saturated carbocycles. The average Bonchev–Trinajstić information content (AvgIpc) is 2.48. The summed E-state index contributed by atoms with van der Waals surface area (Å²) in [7, 11) is 0. The summed E-state index contributed by atoms with van der Waals surface area (Å²) in [6, 6.07) is 14.0. The monoisotopic (exact) mass is 457 g/mol. The number of hydrogen-bond donors (Lipinski definition) is 0. The van der Waals surface area contributed by atoms with Crippen LogP contribution in [0.2, 0.25) is 0 Å². The molecule has 2 aromatic carbocycles. The van der Waals surface area contributed by atoms with Crippen molar-refractivity contribution in [3.05, 3.63) is 67.2 Å². The maximum Gasteiger partial charge on any atom is 0.255 e. The van der Waals surface area contributed by atoms with Crippen molar-refractivity contribution >= 4 is 44.4 Å². The zero-order valence-corrected chi connectivity index (χ0v) is 15.8. The summed E-state index contributed by atoms with van der Waals surface area (Å²) in [6.07, 6.45) is 0. The van der Waals surface area contributed by atoms with Crippen molar-refractivity contribution in [3.63, 3.8) is 0 Å². The first-order valence-electron chi connectivity index (χ1n) is 6.81. The van der Waals surface area contributed by atoms with Crippen molar-refractivity contribution in [2.75, 3.05) is 6.54 Å². The van der Waals surface area contributed by atoms with Gasteiger partial charge in [0.2, 0.25) is 0 Å². The number of nitrogens with zero attached hydrogens (tertiary/aromatic N) is 1. The molecule has 21 heavy (non-hydrogen) atoms. The predicted octanol–water partition coefficient (Wildman–Crippen LogP) is 5.02. The normalized spacial score (nSPS) is 10.5. The molecular formula is C17H17BrINO. The molecule has 0 bridgehead atoms. The molecule has 0 N–H and O–H groups in total. The third-order valence-electron chi connectivity index (χ3n) is 3.45. The highest BCUT2D eigenvalue weighted by Gasteiger charge is 2.18. The molecule has 0 radical (unpaired) electrons. The van der Waals surface area contributed by atoms with Gasteiger partial charge in [-0.2, -0.15) is 0 Å². The minimum Gasteiger partial charge on any atom is -0.335 e. The Labute approximate surface area is 147 Å². The summed E-state index contributed by atoms with van der Waals surface area (Å²) in [5, 5.41) is 0. The summed E-state index contributed by atoms with van der Waals surface area (Å²) in [5.41, 5.74) is 3.12. The number of carbonyl (C=O) groups is 1. The minimum atomic E-state index is 0.0612. The van der Waals surface area contributed by atoms with Crippen LogP contribution < -0.4 is 0 Å². The van der Waals surface area contributed by atoms with E-state index in [1.165, 1.54) is 11.1 Å². The Hall–Kier alpha value is -0.880. The first-order chi connectivity index (χ1) is 10.0. The third-order valence-corrected chi connectivity index (χ3v) is 4.81. The van der Waals surface area contributed by atoms with Crippen LogP contribution in [0, 0.1) is 10.5 Å². The smallest absolute Gasteiger partial charge is 0.255 e. The fraction of sp³-hybridized carbons (Fsp3) is 0.235. The van der Waals surface area contributed by atoms with E-state index >= 15 is 0 Å². The number of aryl methyl sites for hydroxylation is 1. The van der Waals surface area contributed by atoms with Gasteiger partial charge in [-0.25, -0.2) is 0 Å². The minimum absolute atomic E-state index is 0.0612.